The van der Waals surface area contributed by atoms with Gasteiger partial charge >= 0.3 is 0 Å². The fourth-order valence-corrected chi connectivity index (χ4v) is 4.79. The molecular formula is C31H35N5O3. The van der Waals surface area contributed by atoms with Gasteiger partial charge in [0.25, 0.3) is 11.5 Å². The van der Waals surface area contributed by atoms with E-state index in [1.54, 1.807) is 35.9 Å². The highest BCUT2D eigenvalue weighted by Crippen LogP contribution is 2.30. The largest absolute Gasteiger partial charge is 0.497 e. The zero-order valence-corrected chi connectivity index (χ0v) is 22.8. The SMILES string of the molecule is CC.COc1ccc(C(=O)N2CCN(c3c(C#N)c(=O)n(Cc4ccccc4)c4ccccc34)CC2)cc1.N. The minimum absolute atomic E-state index is 0. The number of hydrogen-bond donors (Lipinski definition) is 1. The smallest absolute Gasteiger partial charge is 0.271 e. The van der Waals surface area contributed by atoms with Crippen LogP contribution in [0, 0.1) is 11.3 Å². The molecule has 3 N–H and O–H groups in total. The molecule has 1 amide bonds. The molecule has 202 valence electrons. The number of rotatable bonds is 5. The summed E-state index contributed by atoms with van der Waals surface area (Å²) in [6, 6.07) is 26.7. The molecule has 0 atom stereocenters. The highest BCUT2D eigenvalue weighted by Gasteiger charge is 2.27. The van der Waals surface area contributed by atoms with E-state index in [2.05, 4.69) is 11.0 Å². The van der Waals surface area contributed by atoms with Crippen LogP contribution in [0.5, 0.6) is 5.75 Å². The van der Waals surface area contributed by atoms with Crippen molar-refractivity contribution in [2.45, 2.75) is 20.4 Å². The van der Waals surface area contributed by atoms with E-state index in [0.29, 0.717) is 49.7 Å². The van der Waals surface area contributed by atoms with Crippen LogP contribution in [-0.4, -0.2) is 48.7 Å². The lowest BCUT2D eigenvalue weighted by molar-refractivity contribution is 0.0747. The molecule has 1 aromatic heterocycles. The Morgan fingerprint density at radius 3 is 2.13 bits per heavy atom. The number of carbonyl (C=O) groups is 1. The third-order valence-corrected chi connectivity index (χ3v) is 6.66. The Labute approximate surface area is 229 Å². The normalized spacial score (nSPS) is 12.6. The average molecular weight is 526 g/mol. The minimum atomic E-state index is -0.299. The molecule has 0 unspecified atom stereocenters. The van der Waals surface area contributed by atoms with Gasteiger partial charge in [-0.2, -0.15) is 5.26 Å². The van der Waals surface area contributed by atoms with Crippen molar-refractivity contribution in [1.82, 2.24) is 15.6 Å². The maximum Gasteiger partial charge on any atom is 0.271 e. The Bertz CT molecular complexity index is 1500. The molecular weight excluding hydrogens is 490 g/mol. The molecule has 1 aliphatic rings. The number of benzene rings is 3. The zero-order valence-electron chi connectivity index (χ0n) is 22.8. The van der Waals surface area contributed by atoms with Crippen molar-refractivity contribution < 1.29 is 9.53 Å². The summed E-state index contributed by atoms with van der Waals surface area (Å²) in [6.07, 6.45) is 0. The number of amides is 1. The van der Waals surface area contributed by atoms with E-state index >= 15 is 0 Å². The van der Waals surface area contributed by atoms with Gasteiger partial charge in [-0.05, 0) is 35.9 Å². The van der Waals surface area contributed by atoms with Crippen molar-refractivity contribution in [3.63, 3.8) is 0 Å². The Balaban J connectivity index is 0.00000137. The molecule has 0 aliphatic carbocycles. The number of nitrogens with zero attached hydrogens (tertiary/aromatic N) is 4. The molecule has 3 aromatic carbocycles. The van der Waals surface area contributed by atoms with Gasteiger partial charge in [-0.25, -0.2) is 0 Å². The molecule has 0 spiro atoms. The van der Waals surface area contributed by atoms with Gasteiger partial charge in [-0.15, -0.1) is 0 Å². The molecule has 0 bridgehead atoms. The first-order chi connectivity index (χ1) is 18.6. The summed E-state index contributed by atoms with van der Waals surface area (Å²) in [5.74, 6) is 0.662. The lowest BCUT2D eigenvalue weighted by atomic mass is 10.1. The lowest BCUT2D eigenvalue weighted by Crippen LogP contribution is -2.49. The number of pyridine rings is 1. The number of carbonyl (C=O) groups excluding carboxylic acids is 1. The average Bonchev–Trinajstić information content (AvgIpc) is 2.99. The Kier molecular flexibility index (Phi) is 9.85. The molecule has 2 heterocycles. The van der Waals surface area contributed by atoms with Crippen LogP contribution in [0.25, 0.3) is 10.9 Å². The number of aromatic nitrogens is 1. The van der Waals surface area contributed by atoms with Gasteiger partial charge in [0.15, 0.2) is 0 Å². The predicted octanol–water partition coefficient (Wildman–Crippen LogP) is 5.08. The van der Waals surface area contributed by atoms with Crippen LogP contribution in [0.2, 0.25) is 0 Å². The molecule has 1 fully saturated rings. The Morgan fingerprint density at radius 2 is 1.51 bits per heavy atom. The summed E-state index contributed by atoms with van der Waals surface area (Å²) in [7, 11) is 1.59. The van der Waals surface area contributed by atoms with Crippen molar-refractivity contribution in [2.75, 3.05) is 38.2 Å². The minimum Gasteiger partial charge on any atom is -0.497 e. The molecule has 4 aromatic rings. The number of para-hydroxylation sites is 1. The lowest BCUT2D eigenvalue weighted by Gasteiger charge is -2.37. The molecule has 1 saturated heterocycles. The number of methoxy groups -OCH3 is 1. The van der Waals surface area contributed by atoms with Crippen LogP contribution >= 0.6 is 0 Å². The van der Waals surface area contributed by atoms with Gasteiger partial charge in [0.05, 0.1) is 24.9 Å². The van der Waals surface area contributed by atoms with Crippen LogP contribution in [0.15, 0.2) is 83.7 Å². The van der Waals surface area contributed by atoms with Gasteiger partial charge in [0.1, 0.15) is 17.4 Å². The number of anilines is 1. The molecule has 8 nitrogen and oxygen atoms in total. The summed E-state index contributed by atoms with van der Waals surface area (Å²) in [5.41, 5.74) is 2.88. The van der Waals surface area contributed by atoms with Gasteiger partial charge in [-0.1, -0.05) is 62.4 Å². The third-order valence-electron chi connectivity index (χ3n) is 6.66. The van der Waals surface area contributed by atoms with E-state index in [0.717, 1.165) is 16.5 Å². The van der Waals surface area contributed by atoms with E-state index < -0.39 is 0 Å². The highest BCUT2D eigenvalue weighted by atomic mass is 16.5. The number of fused-ring (bicyclic) bond motifs is 1. The number of piperazine rings is 1. The van der Waals surface area contributed by atoms with Gasteiger partial charge in [0, 0.05) is 37.1 Å². The van der Waals surface area contributed by atoms with Crippen LogP contribution in [0.3, 0.4) is 0 Å². The van der Waals surface area contributed by atoms with E-state index in [-0.39, 0.29) is 23.2 Å². The summed E-state index contributed by atoms with van der Waals surface area (Å²) in [4.78, 5) is 30.4. The molecule has 0 radical (unpaired) electrons. The van der Waals surface area contributed by atoms with Gasteiger partial charge in [-0.3, -0.25) is 9.59 Å². The number of nitriles is 1. The second kappa shape index (κ2) is 13.3. The molecule has 0 saturated carbocycles. The van der Waals surface area contributed by atoms with Crippen LogP contribution in [0.1, 0.15) is 35.3 Å². The van der Waals surface area contributed by atoms with Crippen molar-refractivity contribution in [3.8, 4) is 11.8 Å². The van der Waals surface area contributed by atoms with Crippen LogP contribution < -0.4 is 21.3 Å². The number of hydrogen-bond acceptors (Lipinski definition) is 6. The first-order valence-electron chi connectivity index (χ1n) is 12.9. The quantitative estimate of drug-likeness (QED) is 0.389. The van der Waals surface area contributed by atoms with Crippen molar-refractivity contribution >= 4 is 22.5 Å². The van der Waals surface area contributed by atoms with Gasteiger partial charge in [0.2, 0.25) is 0 Å². The summed E-state index contributed by atoms with van der Waals surface area (Å²) >= 11 is 0. The van der Waals surface area contributed by atoms with Crippen molar-refractivity contribution in [2.24, 2.45) is 0 Å². The maximum atomic E-state index is 13.5. The fourth-order valence-electron chi connectivity index (χ4n) is 4.79. The summed E-state index contributed by atoms with van der Waals surface area (Å²) < 4.78 is 6.86. The molecule has 1 aliphatic heterocycles. The Morgan fingerprint density at radius 1 is 0.897 bits per heavy atom. The molecule has 8 heteroatoms. The van der Waals surface area contributed by atoms with Gasteiger partial charge < -0.3 is 25.3 Å². The van der Waals surface area contributed by atoms with Crippen LogP contribution in [-0.2, 0) is 6.54 Å². The van der Waals surface area contributed by atoms with Crippen molar-refractivity contribution in [1.29, 1.82) is 5.26 Å². The Hall–Kier alpha value is -4.61. The van der Waals surface area contributed by atoms with E-state index in [9.17, 15) is 14.9 Å². The number of ether oxygens (including phenoxy) is 1. The second-order valence-corrected chi connectivity index (χ2v) is 8.74. The third kappa shape index (κ3) is 5.95. The van der Waals surface area contributed by atoms with E-state index in [1.165, 1.54) is 0 Å². The second-order valence-electron chi connectivity index (χ2n) is 8.74. The van der Waals surface area contributed by atoms with E-state index in [4.69, 9.17) is 4.74 Å². The predicted molar refractivity (Wildman–Crippen MR) is 156 cm³/mol. The zero-order chi connectivity index (χ0) is 27.1. The topological polar surface area (TPSA) is 114 Å². The fraction of sp³-hybridized carbons (Fsp3) is 0.258. The summed E-state index contributed by atoms with van der Waals surface area (Å²) in [5, 5.41) is 10.9. The maximum absolute atomic E-state index is 13.5. The van der Waals surface area contributed by atoms with E-state index in [1.807, 2.05) is 73.3 Å². The standard InChI is InChI=1S/C29H26N4O3.C2H6.H3N/c1-36-23-13-11-22(12-14-23)28(34)32-17-15-31(16-18-32)27-24-9-5-6-10-26(24)33(29(35)25(27)19-30)20-21-7-3-2-4-8-21;1-2;/h2-14H,15-18,20H2,1H3;1-2H3;1H3. The molecule has 5 rings (SSSR count). The van der Waals surface area contributed by atoms with Crippen molar-refractivity contribution in [3.05, 3.63) is 106 Å². The summed E-state index contributed by atoms with van der Waals surface area (Å²) in [6.45, 7) is 6.44. The first-order valence-corrected chi connectivity index (χ1v) is 12.9. The van der Waals surface area contributed by atoms with Crippen LogP contribution in [0.4, 0.5) is 5.69 Å². The highest BCUT2D eigenvalue weighted by molar-refractivity contribution is 5.96. The molecule has 39 heavy (non-hydrogen) atoms. The first kappa shape index (κ1) is 29.0. The monoisotopic (exact) mass is 525 g/mol.